The summed E-state index contributed by atoms with van der Waals surface area (Å²) in [5.41, 5.74) is 0. The zero-order valence-corrected chi connectivity index (χ0v) is 11.7. The Morgan fingerprint density at radius 1 is 1.60 bits per heavy atom. The van der Waals surface area contributed by atoms with E-state index < -0.39 is 5.97 Å². The van der Waals surface area contributed by atoms with Crippen molar-refractivity contribution in [1.82, 2.24) is 19.8 Å². The Balaban J connectivity index is 1.94. The predicted molar refractivity (Wildman–Crippen MR) is 72.0 cm³/mol. The molecule has 20 heavy (non-hydrogen) atoms. The second-order valence-electron chi connectivity index (χ2n) is 5.28. The number of carbonyl (C=O) groups is 2. The summed E-state index contributed by atoms with van der Waals surface area (Å²) in [6.45, 7) is 2.80. The molecule has 0 saturated carbocycles. The van der Waals surface area contributed by atoms with Crippen LogP contribution in [0, 0.1) is 5.92 Å². The van der Waals surface area contributed by atoms with Crippen LogP contribution in [0.25, 0.3) is 0 Å². The van der Waals surface area contributed by atoms with Gasteiger partial charge in [-0.05, 0) is 19.8 Å². The summed E-state index contributed by atoms with van der Waals surface area (Å²) in [6.07, 6.45) is 4.39. The van der Waals surface area contributed by atoms with Crippen molar-refractivity contribution in [3.8, 4) is 0 Å². The molecule has 1 fully saturated rings. The average molecular weight is 280 g/mol. The highest BCUT2D eigenvalue weighted by Gasteiger charge is 2.33. The van der Waals surface area contributed by atoms with Crippen molar-refractivity contribution in [3.63, 3.8) is 0 Å². The van der Waals surface area contributed by atoms with Crippen molar-refractivity contribution in [2.45, 2.75) is 32.4 Å². The van der Waals surface area contributed by atoms with E-state index in [0.717, 1.165) is 5.82 Å². The number of urea groups is 1. The molecule has 0 spiro atoms. The molecule has 1 saturated heterocycles. The van der Waals surface area contributed by atoms with Crippen LogP contribution < -0.4 is 0 Å². The third kappa shape index (κ3) is 3.09. The molecule has 2 amide bonds. The van der Waals surface area contributed by atoms with Crippen LogP contribution in [-0.4, -0.2) is 56.5 Å². The fourth-order valence-electron chi connectivity index (χ4n) is 2.58. The highest BCUT2D eigenvalue weighted by molar-refractivity contribution is 5.75. The Morgan fingerprint density at radius 2 is 2.35 bits per heavy atom. The number of imidazole rings is 1. The second kappa shape index (κ2) is 5.94. The number of hydrogen-bond acceptors (Lipinski definition) is 3. The highest BCUT2D eigenvalue weighted by Crippen LogP contribution is 2.24. The van der Waals surface area contributed by atoms with E-state index >= 15 is 0 Å². The molecule has 1 aromatic rings. The third-order valence-corrected chi connectivity index (χ3v) is 3.74. The van der Waals surface area contributed by atoms with E-state index in [9.17, 15) is 9.59 Å². The summed E-state index contributed by atoms with van der Waals surface area (Å²) >= 11 is 0. The highest BCUT2D eigenvalue weighted by atomic mass is 16.4. The lowest BCUT2D eigenvalue weighted by Crippen LogP contribution is -2.50. The Bertz CT molecular complexity index is 474. The molecule has 2 atom stereocenters. The SMILES string of the molecule is CC1CC(C(=O)O)CCN1C(=O)N(C)Cc1ncc[nH]1. The number of aliphatic carboxylic acids is 1. The molecular weight excluding hydrogens is 260 g/mol. The lowest BCUT2D eigenvalue weighted by molar-refractivity contribution is -0.143. The summed E-state index contributed by atoms with van der Waals surface area (Å²) in [5.74, 6) is -0.383. The zero-order valence-electron chi connectivity index (χ0n) is 11.7. The van der Waals surface area contributed by atoms with Gasteiger partial charge in [0, 0.05) is 32.0 Å². The molecule has 2 N–H and O–H groups in total. The molecule has 7 nitrogen and oxygen atoms in total. The van der Waals surface area contributed by atoms with Crippen LogP contribution in [0.15, 0.2) is 12.4 Å². The molecule has 1 aliphatic heterocycles. The van der Waals surface area contributed by atoms with Gasteiger partial charge in [0.2, 0.25) is 0 Å². The van der Waals surface area contributed by atoms with Gasteiger partial charge in [-0.2, -0.15) is 0 Å². The number of H-pyrrole nitrogens is 1. The van der Waals surface area contributed by atoms with Crippen molar-refractivity contribution < 1.29 is 14.7 Å². The van der Waals surface area contributed by atoms with Gasteiger partial charge in [-0.25, -0.2) is 9.78 Å². The minimum Gasteiger partial charge on any atom is -0.481 e. The van der Waals surface area contributed by atoms with Gasteiger partial charge in [0.25, 0.3) is 0 Å². The van der Waals surface area contributed by atoms with E-state index in [1.54, 1.807) is 29.2 Å². The lowest BCUT2D eigenvalue weighted by atomic mass is 9.92. The number of carboxylic acid groups (broad SMARTS) is 1. The average Bonchev–Trinajstić information content (AvgIpc) is 2.90. The van der Waals surface area contributed by atoms with Gasteiger partial charge in [-0.15, -0.1) is 0 Å². The lowest BCUT2D eigenvalue weighted by Gasteiger charge is -2.38. The molecule has 2 rings (SSSR count). The molecule has 7 heteroatoms. The Kier molecular flexibility index (Phi) is 4.26. The quantitative estimate of drug-likeness (QED) is 0.869. The normalized spacial score (nSPS) is 22.6. The Morgan fingerprint density at radius 3 is 2.90 bits per heavy atom. The number of piperidine rings is 1. The predicted octanol–water partition coefficient (Wildman–Crippen LogP) is 1.15. The minimum absolute atomic E-state index is 0.0589. The van der Waals surface area contributed by atoms with Crippen LogP contribution in [0.3, 0.4) is 0 Å². The molecule has 1 aliphatic rings. The summed E-state index contributed by atoms with van der Waals surface area (Å²) in [7, 11) is 1.72. The number of amides is 2. The minimum atomic E-state index is -0.770. The van der Waals surface area contributed by atoms with Gasteiger partial charge in [0.1, 0.15) is 5.82 Å². The molecule has 0 aliphatic carbocycles. The van der Waals surface area contributed by atoms with Gasteiger partial charge < -0.3 is 19.9 Å². The van der Waals surface area contributed by atoms with E-state index in [0.29, 0.717) is 25.9 Å². The van der Waals surface area contributed by atoms with Crippen LogP contribution in [-0.2, 0) is 11.3 Å². The molecule has 110 valence electrons. The largest absolute Gasteiger partial charge is 0.481 e. The summed E-state index contributed by atoms with van der Waals surface area (Å²) < 4.78 is 0. The number of aromatic amines is 1. The summed E-state index contributed by atoms with van der Waals surface area (Å²) in [6, 6.07) is -0.144. The molecule has 0 aromatic carbocycles. The van der Waals surface area contributed by atoms with E-state index in [-0.39, 0.29) is 18.0 Å². The second-order valence-corrected chi connectivity index (χ2v) is 5.28. The number of nitrogens with one attached hydrogen (secondary N) is 1. The van der Waals surface area contributed by atoms with Crippen molar-refractivity contribution in [2.75, 3.05) is 13.6 Å². The van der Waals surface area contributed by atoms with Crippen molar-refractivity contribution in [2.24, 2.45) is 5.92 Å². The molecule has 2 heterocycles. The molecule has 1 aromatic heterocycles. The van der Waals surface area contributed by atoms with Crippen LogP contribution >= 0.6 is 0 Å². The van der Waals surface area contributed by atoms with E-state index in [4.69, 9.17) is 5.11 Å². The van der Waals surface area contributed by atoms with Gasteiger partial charge in [0.15, 0.2) is 0 Å². The fourth-order valence-corrected chi connectivity index (χ4v) is 2.58. The van der Waals surface area contributed by atoms with Crippen molar-refractivity contribution >= 4 is 12.0 Å². The maximum absolute atomic E-state index is 12.4. The molecule has 0 radical (unpaired) electrons. The summed E-state index contributed by atoms with van der Waals surface area (Å²) in [4.78, 5) is 33.8. The fraction of sp³-hybridized carbons (Fsp3) is 0.615. The first-order valence-corrected chi connectivity index (χ1v) is 6.72. The summed E-state index contributed by atoms with van der Waals surface area (Å²) in [5, 5.41) is 9.03. The van der Waals surface area contributed by atoms with Gasteiger partial charge >= 0.3 is 12.0 Å². The molecular formula is C13H20N4O3. The van der Waals surface area contributed by atoms with Crippen LogP contribution in [0.2, 0.25) is 0 Å². The smallest absolute Gasteiger partial charge is 0.320 e. The monoisotopic (exact) mass is 280 g/mol. The first-order chi connectivity index (χ1) is 9.49. The number of rotatable bonds is 3. The number of nitrogens with zero attached hydrogens (tertiary/aromatic N) is 3. The Hall–Kier alpha value is -2.05. The third-order valence-electron chi connectivity index (χ3n) is 3.74. The number of likely N-dealkylation sites (tertiary alicyclic amines) is 1. The van der Waals surface area contributed by atoms with Crippen LogP contribution in [0.1, 0.15) is 25.6 Å². The van der Waals surface area contributed by atoms with Gasteiger partial charge in [-0.1, -0.05) is 0 Å². The number of carbonyl (C=O) groups excluding carboxylic acids is 1. The molecule has 0 bridgehead atoms. The van der Waals surface area contributed by atoms with Crippen molar-refractivity contribution in [1.29, 1.82) is 0 Å². The van der Waals surface area contributed by atoms with Gasteiger partial charge in [0.05, 0.1) is 12.5 Å². The first-order valence-electron chi connectivity index (χ1n) is 6.72. The van der Waals surface area contributed by atoms with Gasteiger partial charge in [-0.3, -0.25) is 4.79 Å². The molecule has 2 unspecified atom stereocenters. The first kappa shape index (κ1) is 14.4. The van der Waals surface area contributed by atoms with Crippen LogP contribution in [0.5, 0.6) is 0 Å². The number of carboxylic acids is 1. The standard InChI is InChI=1S/C13H20N4O3/c1-9-7-10(12(18)19)3-6-17(9)13(20)16(2)8-11-14-4-5-15-11/h4-5,9-10H,3,6-8H2,1-2H3,(H,14,15)(H,18,19). The Labute approximate surface area is 117 Å². The maximum atomic E-state index is 12.4. The topological polar surface area (TPSA) is 89.5 Å². The van der Waals surface area contributed by atoms with E-state index in [2.05, 4.69) is 9.97 Å². The maximum Gasteiger partial charge on any atom is 0.320 e. The number of aromatic nitrogens is 2. The van der Waals surface area contributed by atoms with Crippen molar-refractivity contribution in [3.05, 3.63) is 18.2 Å². The van der Waals surface area contributed by atoms with E-state index in [1.165, 1.54) is 0 Å². The van der Waals surface area contributed by atoms with E-state index in [1.807, 2.05) is 6.92 Å². The number of hydrogen-bond donors (Lipinski definition) is 2. The zero-order chi connectivity index (χ0) is 14.7. The van der Waals surface area contributed by atoms with Crippen LogP contribution in [0.4, 0.5) is 4.79 Å².